The third-order valence-corrected chi connectivity index (χ3v) is 5.38. The van der Waals surface area contributed by atoms with Gasteiger partial charge in [0, 0.05) is 18.6 Å². The molecule has 2 heterocycles. The summed E-state index contributed by atoms with van der Waals surface area (Å²) in [7, 11) is 2.94. The first-order valence-corrected chi connectivity index (χ1v) is 9.32. The van der Waals surface area contributed by atoms with Gasteiger partial charge in [0.05, 0.1) is 12.3 Å². The van der Waals surface area contributed by atoms with Crippen LogP contribution in [0.5, 0.6) is 0 Å². The standard InChI is InChI=1S/C16H15BrN4O4S/c1-19-13-12(14(24)20(2)16(19)25)21(15(18-13)26-8-11(22)23)7-9-3-5-10(17)6-4-9/h3-6H,7-8H2,1-2H3,(H,22,23). The van der Waals surface area contributed by atoms with Crippen LogP contribution in [0.2, 0.25) is 0 Å². The van der Waals surface area contributed by atoms with Gasteiger partial charge in [0.2, 0.25) is 0 Å². The number of nitrogens with zero attached hydrogens (tertiary/aromatic N) is 4. The van der Waals surface area contributed by atoms with Gasteiger partial charge >= 0.3 is 11.7 Å². The Kier molecular flexibility index (Phi) is 5.05. The number of rotatable bonds is 5. The van der Waals surface area contributed by atoms with E-state index >= 15 is 0 Å². The number of carboxylic acid groups (broad SMARTS) is 1. The smallest absolute Gasteiger partial charge is 0.332 e. The van der Waals surface area contributed by atoms with Crippen LogP contribution in [0.25, 0.3) is 11.2 Å². The van der Waals surface area contributed by atoms with E-state index in [9.17, 15) is 14.4 Å². The molecule has 0 unspecified atom stereocenters. The highest BCUT2D eigenvalue weighted by Gasteiger charge is 2.20. The van der Waals surface area contributed by atoms with Crippen molar-refractivity contribution in [2.45, 2.75) is 11.7 Å². The fraction of sp³-hybridized carbons (Fsp3) is 0.250. The number of aromatic nitrogens is 4. The van der Waals surface area contributed by atoms with Gasteiger partial charge in [-0.25, -0.2) is 9.78 Å². The van der Waals surface area contributed by atoms with Crippen molar-refractivity contribution in [2.75, 3.05) is 5.75 Å². The molecule has 1 N–H and O–H groups in total. The third-order valence-electron chi connectivity index (χ3n) is 3.89. The Morgan fingerprint density at radius 3 is 2.46 bits per heavy atom. The van der Waals surface area contributed by atoms with Gasteiger partial charge in [0.1, 0.15) is 0 Å². The van der Waals surface area contributed by atoms with E-state index in [1.54, 1.807) is 4.57 Å². The third kappa shape index (κ3) is 3.34. The largest absolute Gasteiger partial charge is 0.481 e. The summed E-state index contributed by atoms with van der Waals surface area (Å²) in [4.78, 5) is 40.1. The molecule has 0 spiro atoms. The normalized spacial score (nSPS) is 11.2. The van der Waals surface area contributed by atoms with Gasteiger partial charge in [0.25, 0.3) is 5.56 Å². The summed E-state index contributed by atoms with van der Waals surface area (Å²) in [5, 5.41) is 9.35. The molecule has 0 saturated carbocycles. The minimum Gasteiger partial charge on any atom is -0.481 e. The molecule has 136 valence electrons. The molecular weight excluding hydrogens is 424 g/mol. The zero-order chi connectivity index (χ0) is 19.0. The summed E-state index contributed by atoms with van der Waals surface area (Å²) in [6.07, 6.45) is 0. The molecule has 8 nitrogen and oxygen atoms in total. The second-order valence-corrected chi connectivity index (χ2v) is 7.53. The molecule has 0 radical (unpaired) electrons. The summed E-state index contributed by atoms with van der Waals surface area (Å²) in [5.74, 6) is -1.18. The van der Waals surface area contributed by atoms with Crippen molar-refractivity contribution in [3.8, 4) is 0 Å². The maximum atomic E-state index is 12.7. The molecule has 2 aromatic heterocycles. The van der Waals surface area contributed by atoms with E-state index in [-0.39, 0.29) is 16.9 Å². The molecule has 0 saturated heterocycles. The van der Waals surface area contributed by atoms with Crippen molar-refractivity contribution in [3.63, 3.8) is 0 Å². The average molecular weight is 439 g/mol. The maximum absolute atomic E-state index is 12.7. The van der Waals surface area contributed by atoms with E-state index in [1.807, 2.05) is 24.3 Å². The van der Waals surface area contributed by atoms with Crippen molar-refractivity contribution in [1.82, 2.24) is 18.7 Å². The van der Waals surface area contributed by atoms with Gasteiger partial charge in [-0.05, 0) is 17.7 Å². The highest BCUT2D eigenvalue weighted by molar-refractivity contribution is 9.10. The number of aliphatic carboxylic acids is 1. The SMILES string of the molecule is Cn1c(=O)c2c(nc(SCC(=O)O)n2Cc2ccc(Br)cc2)n(C)c1=O. The fourth-order valence-electron chi connectivity index (χ4n) is 2.58. The molecule has 3 rings (SSSR count). The lowest BCUT2D eigenvalue weighted by Gasteiger charge is -2.09. The van der Waals surface area contributed by atoms with Crippen LogP contribution in [0.1, 0.15) is 5.56 Å². The molecule has 1 aromatic carbocycles. The van der Waals surface area contributed by atoms with E-state index in [0.29, 0.717) is 11.7 Å². The summed E-state index contributed by atoms with van der Waals surface area (Å²) in [6, 6.07) is 7.56. The Balaban J connectivity index is 2.23. The van der Waals surface area contributed by atoms with E-state index < -0.39 is 17.2 Å². The molecule has 0 aliphatic heterocycles. The molecule has 0 fully saturated rings. The first kappa shape index (κ1) is 18.5. The van der Waals surface area contributed by atoms with E-state index in [1.165, 1.54) is 18.7 Å². The monoisotopic (exact) mass is 438 g/mol. The van der Waals surface area contributed by atoms with Crippen LogP contribution in [0.15, 0.2) is 43.5 Å². The van der Waals surface area contributed by atoms with Gasteiger partial charge in [-0.3, -0.25) is 18.7 Å². The van der Waals surface area contributed by atoms with Crippen LogP contribution in [-0.2, 0) is 25.4 Å². The zero-order valence-corrected chi connectivity index (χ0v) is 16.4. The zero-order valence-electron chi connectivity index (χ0n) is 14.0. The summed E-state index contributed by atoms with van der Waals surface area (Å²) in [5.41, 5.74) is 0.481. The van der Waals surface area contributed by atoms with Crippen LogP contribution >= 0.6 is 27.7 Å². The minimum atomic E-state index is -0.987. The Morgan fingerprint density at radius 1 is 1.19 bits per heavy atom. The molecular formula is C16H15BrN4O4S. The number of carboxylic acids is 1. The number of fused-ring (bicyclic) bond motifs is 1. The summed E-state index contributed by atoms with van der Waals surface area (Å²) in [6.45, 7) is 0.333. The van der Waals surface area contributed by atoms with E-state index in [4.69, 9.17) is 5.11 Å². The number of halogens is 1. The Labute approximate surface area is 160 Å². The number of benzene rings is 1. The Hall–Kier alpha value is -2.33. The van der Waals surface area contributed by atoms with Crippen molar-refractivity contribution < 1.29 is 9.90 Å². The van der Waals surface area contributed by atoms with Gasteiger partial charge in [-0.2, -0.15) is 0 Å². The lowest BCUT2D eigenvalue weighted by molar-refractivity contribution is -0.133. The molecule has 10 heteroatoms. The summed E-state index contributed by atoms with van der Waals surface area (Å²) >= 11 is 4.39. The van der Waals surface area contributed by atoms with Gasteiger partial charge in [0.15, 0.2) is 16.3 Å². The molecule has 0 atom stereocenters. The number of carbonyl (C=O) groups is 1. The molecule has 0 aliphatic rings. The molecule has 0 amide bonds. The van der Waals surface area contributed by atoms with Gasteiger partial charge in [-0.1, -0.05) is 39.8 Å². The van der Waals surface area contributed by atoms with Gasteiger partial charge in [-0.15, -0.1) is 0 Å². The Morgan fingerprint density at radius 2 is 1.85 bits per heavy atom. The van der Waals surface area contributed by atoms with Crippen molar-refractivity contribution in [1.29, 1.82) is 0 Å². The first-order chi connectivity index (χ1) is 12.3. The van der Waals surface area contributed by atoms with Crippen LogP contribution < -0.4 is 11.2 Å². The second-order valence-electron chi connectivity index (χ2n) is 5.67. The molecule has 0 bridgehead atoms. The average Bonchev–Trinajstić information content (AvgIpc) is 2.96. The van der Waals surface area contributed by atoms with Crippen LogP contribution in [0.4, 0.5) is 0 Å². The number of imidazole rings is 1. The fourth-order valence-corrected chi connectivity index (χ4v) is 3.56. The van der Waals surface area contributed by atoms with Crippen LogP contribution in [0.3, 0.4) is 0 Å². The predicted molar refractivity (Wildman–Crippen MR) is 102 cm³/mol. The molecule has 26 heavy (non-hydrogen) atoms. The van der Waals surface area contributed by atoms with Crippen molar-refractivity contribution >= 4 is 44.8 Å². The quantitative estimate of drug-likeness (QED) is 0.604. The number of thioether (sulfide) groups is 1. The highest BCUT2D eigenvalue weighted by atomic mass is 79.9. The topological polar surface area (TPSA) is 99.1 Å². The Bertz CT molecular complexity index is 1110. The van der Waals surface area contributed by atoms with Crippen LogP contribution in [-0.4, -0.2) is 35.5 Å². The minimum absolute atomic E-state index is 0.197. The number of aryl methyl sites for hydroxylation is 1. The summed E-state index contributed by atoms with van der Waals surface area (Å²) < 4.78 is 4.90. The lowest BCUT2D eigenvalue weighted by atomic mass is 10.2. The number of hydrogen-bond acceptors (Lipinski definition) is 5. The second kappa shape index (κ2) is 7.12. The highest BCUT2D eigenvalue weighted by Crippen LogP contribution is 2.23. The first-order valence-electron chi connectivity index (χ1n) is 7.55. The van der Waals surface area contributed by atoms with E-state index in [2.05, 4.69) is 20.9 Å². The van der Waals surface area contributed by atoms with Crippen molar-refractivity contribution in [2.24, 2.45) is 14.1 Å². The molecule has 3 aromatic rings. The predicted octanol–water partition coefficient (Wildman–Crippen LogP) is 1.42. The van der Waals surface area contributed by atoms with Gasteiger partial charge < -0.3 is 9.67 Å². The van der Waals surface area contributed by atoms with Crippen LogP contribution in [0, 0.1) is 0 Å². The molecule has 0 aliphatic carbocycles. The maximum Gasteiger partial charge on any atom is 0.332 e. The lowest BCUT2D eigenvalue weighted by Crippen LogP contribution is -2.37. The van der Waals surface area contributed by atoms with E-state index in [0.717, 1.165) is 26.4 Å². The van der Waals surface area contributed by atoms with Crippen molar-refractivity contribution in [3.05, 3.63) is 55.1 Å². The number of hydrogen-bond donors (Lipinski definition) is 1.